The maximum absolute atomic E-state index is 11.6. The Kier molecular flexibility index (Phi) is 4.88. The predicted octanol–water partition coefficient (Wildman–Crippen LogP) is 2.81. The summed E-state index contributed by atoms with van der Waals surface area (Å²) < 4.78 is 5.72. The second-order valence-electron chi connectivity index (χ2n) is 6.30. The number of hydrogen-bond donors (Lipinski definition) is 1. The Bertz CT molecular complexity index is 483. The van der Waals surface area contributed by atoms with Crippen molar-refractivity contribution in [1.29, 1.82) is 0 Å². The number of rotatable bonds is 6. The summed E-state index contributed by atoms with van der Waals surface area (Å²) in [5.41, 5.74) is 0.620. The van der Waals surface area contributed by atoms with Crippen molar-refractivity contribution in [2.45, 2.75) is 27.2 Å². The molecule has 0 aliphatic carbocycles. The zero-order valence-corrected chi connectivity index (χ0v) is 13.1. The molecule has 1 aliphatic heterocycles. The molecule has 1 aliphatic rings. The first kappa shape index (κ1) is 15.8. The third-order valence-corrected chi connectivity index (χ3v) is 4.61. The largest absolute Gasteiger partial charge is 0.492 e. The van der Waals surface area contributed by atoms with Gasteiger partial charge in [-0.2, -0.15) is 0 Å². The Morgan fingerprint density at radius 3 is 2.57 bits per heavy atom. The lowest BCUT2D eigenvalue weighted by molar-refractivity contribution is -0.151. The summed E-state index contributed by atoms with van der Waals surface area (Å²) in [6, 6.07) is 7.99. The summed E-state index contributed by atoms with van der Waals surface area (Å²) in [5, 5.41) is 9.52. The summed E-state index contributed by atoms with van der Waals surface area (Å²) in [6.45, 7) is 8.87. The molecule has 1 aromatic carbocycles. The average Bonchev–Trinajstić information content (AvgIpc) is 2.87. The molecule has 4 nitrogen and oxygen atoms in total. The molecule has 21 heavy (non-hydrogen) atoms. The molecule has 0 amide bonds. The SMILES string of the molecule is Cc1ccc(OCCN2CCC(C(=O)O)(C(C)C)C2)cc1. The number of benzene rings is 1. The minimum Gasteiger partial charge on any atom is -0.492 e. The van der Waals surface area contributed by atoms with Crippen LogP contribution >= 0.6 is 0 Å². The molecule has 116 valence electrons. The minimum atomic E-state index is -0.667. The van der Waals surface area contributed by atoms with Gasteiger partial charge in [-0.3, -0.25) is 9.69 Å². The first-order chi connectivity index (χ1) is 9.94. The van der Waals surface area contributed by atoms with E-state index in [0.29, 0.717) is 13.2 Å². The fourth-order valence-corrected chi connectivity index (χ4v) is 2.93. The van der Waals surface area contributed by atoms with Crippen molar-refractivity contribution in [3.8, 4) is 5.75 Å². The zero-order chi connectivity index (χ0) is 15.5. The molecule has 1 aromatic rings. The van der Waals surface area contributed by atoms with E-state index >= 15 is 0 Å². The third kappa shape index (κ3) is 3.56. The van der Waals surface area contributed by atoms with Crippen molar-refractivity contribution in [2.75, 3.05) is 26.2 Å². The van der Waals surface area contributed by atoms with E-state index in [1.807, 2.05) is 45.0 Å². The van der Waals surface area contributed by atoms with Gasteiger partial charge in [0.15, 0.2) is 0 Å². The van der Waals surface area contributed by atoms with E-state index in [9.17, 15) is 9.90 Å². The van der Waals surface area contributed by atoms with Crippen molar-refractivity contribution in [1.82, 2.24) is 4.90 Å². The van der Waals surface area contributed by atoms with E-state index in [1.165, 1.54) is 5.56 Å². The summed E-state index contributed by atoms with van der Waals surface area (Å²) in [6.07, 6.45) is 0.727. The van der Waals surface area contributed by atoms with E-state index in [0.717, 1.165) is 25.3 Å². The molecule has 0 radical (unpaired) electrons. The van der Waals surface area contributed by atoms with E-state index in [4.69, 9.17) is 4.74 Å². The quantitative estimate of drug-likeness (QED) is 0.875. The Hall–Kier alpha value is -1.55. The Morgan fingerprint density at radius 2 is 2.05 bits per heavy atom. The van der Waals surface area contributed by atoms with Crippen LogP contribution in [0.1, 0.15) is 25.8 Å². The molecular formula is C17H25NO3. The van der Waals surface area contributed by atoms with Crippen LogP contribution < -0.4 is 4.74 Å². The Morgan fingerprint density at radius 1 is 1.38 bits per heavy atom. The Labute approximate surface area is 126 Å². The van der Waals surface area contributed by atoms with Crippen molar-refractivity contribution < 1.29 is 14.6 Å². The van der Waals surface area contributed by atoms with Gasteiger partial charge in [-0.15, -0.1) is 0 Å². The van der Waals surface area contributed by atoms with Gasteiger partial charge in [0.05, 0.1) is 5.41 Å². The average molecular weight is 291 g/mol. The first-order valence-electron chi connectivity index (χ1n) is 7.59. The lowest BCUT2D eigenvalue weighted by atomic mass is 9.76. The number of carbonyl (C=O) groups is 1. The van der Waals surface area contributed by atoms with Crippen LogP contribution in [0.4, 0.5) is 0 Å². The molecule has 0 spiro atoms. The monoisotopic (exact) mass is 291 g/mol. The molecule has 0 saturated carbocycles. The first-order valence-corrected chi connectivity index (χ1v) is 7.59. The van der Waals surface area contributed by atoms with E-state index < -0.39 is 11.4 Å². The number of likely N-dealkylation sites (tertiary alicyclic amines) is 1. The van der Waals surface area contributed by atoms with Crippen LogP contribution in [-0.4, -0.2) is 42.2 Å². The Balaban J connectivity index is 1.83. The summed E-state index contributed by atoms with van der Waals surface area (Å²) >= 11 is 0. The molecular weight excluding hydrogens is 266 g/mol. The van der Waals surface area contributed by atoms with E-state index in [-0.39, 0.29) is 5.92 Å². The van der Waals surface area contributed by atoms with Crippen LogP contribution in [0.15, 0.2) is 24.3 Å². The van der Waals surface area contributed by atoms with Crippen LogP contribution in [0.2, 0.25) is 0 Å². The lowest BCUT2D eigenvalue weighted by Gasteiger charge is -2.28. The fourth-order valence-electron chi connectivity index (χ4n) is 2.93. The van der Waals surface area contributed by atoms with E-state index in [2.05, 4.69) is 4.90 Å². The van der Waals surface area contributed by atoms with Crippen LogP contribution in [-0.2, 0) is 4.79 Å². The molecule has 1 saturated heterocycles. The highest BCUT2D eigenvalue weighted by molar-refractivity contribution is 5.75. The van der Waals surface area contributed by atoms with Gasteiger partial charge in [-0.25, -0.2) is 0 Å². The highest BCUT2D eigenvalue weighted by Gasteiger charge is 2.46. The van der Waals surface area contributed by atoms with Gasteiger partial charge in [-0.1, -0.05) is 31.5 Å². The van der Waals surface area contributed by atoms with Crippen LogP contribution in [0.5, 0.6) is 5.75 Å². The molecule has 1 N–H and O–H groups in total. The lowest BCUT2D eigenvalue weighted by Crippen LogP contribution is -2.39. The summed E-state index contributed by atoms with van der Waals surface area (Å²) in [7, 11) is 0. The van der Waals surface area contributed by atoms with Gasteiger partial charge in [0.1, 0.15) is 12.4 Å². The highest BCUT2D eigenvalue weighted by Crippen LogP contribution is 2.37. The number of aryl methyl sites for hydroxylation is 1. The van der Waals surface area contributed by atoms with Gasteiger partial charge < -0.3 is 9.84 Å². The fraction of sp³-hybridized carbons (Fsp3) is 0.588. The van der Waals surface area contributed by atoms with Crippen molar-refractivity contribution in [3.05, 3.63) is 29.8 Å². The summed E-state index contributed by atoms with van der Waals surface area (Å²) in [5.74, 6) is 0.352. The molecule has 1 unspecified atom stereocenters. The molecule has 0 bridgehead atoms. The molecule has 1 fully saturated rings. The van der Waals surface area contributed by atoms with E-state index in [1.54, 1.807) is 0 Å². The molecule has 1 atom stereocenters. The number of aliphatic carboxylic acids is 1. The van der Waals surface area contributed by atoms with Gasteiger partial charge in [0.25, 0.3) is 0 Å². The number of ether oxygens (including phenoxy) is 1. The van der Waals surface area contributed by atoms with Crippen LogP contribution in [0, 0.1) is 18.3 Å². The second-order valence-corrected chi connectivity index (χ2v) is 6.30. The number of carboxylic acids is 1. The smallest absolute Gasteiger partial charge is 0.311 e. The summed E-state index contributed by atoms with van der Waals surface area (Å²) in [4.78, 5) is 13.8. The zero-order valence-electron chi connectivity index (χ0n) is 13.1. The van der Waals surface area contributed by atoms with Crippen LogP contribution in [0.3, 0.4) is 0 Å². The van der Waals surface area contributed by atoms with Gasteiger partial charge >= 0.3 is 5.97 Å². The maximum Gasteiger partial charge on any atom is 0.311 e. The molecule has 2 rings (SSSR count). The van der Waals surface area contributed by atoms with Crippen LogP contribution in [0.25, 0.3) is 0 Å². The number of nitrogens with zero attached hydrogens (tertiary/aromatic N) is 1. The minimum absolute atomic E-state index is 0.151. The van der Waals surface area contributed by atoms with Crippen molar-refractivity contribution in [2.24, 2.45) is 11.3 Å². The number of carboxylic acid groups (broad SMARTS) is 1. The standard InChI is InChI=1S/C17H25NO3/c1-13(2)17(16(19)20)8-9-18(12-17)10-11-21-15-6-4-14(3)5-7-15/h4-7,13H,8-12H2,1-3H3,(H,19,20). The molecule has 0 aromatic heterocycles. The normalized spacial score (nSPS) is 22.7. The second kappa shape index (κ2) is 6.48. The van der Waals surface area contributed by atoms with Gasteiger partial charge in [0.2, 0.25) is 0 Å². The number of hydrogen-bond acceptors (Lipinski definition) is 3. The van der Waals surface area contributed by atoms with Crippen molar-refractivity contribution >= 4 is 5.97 Å². The molecule has 4 heteroatoms. The highest BCUT2D eigenvalue weighted by atomic mass is 16.5. The predicted molar refractivity (Wildman–Crippen MR) is 82.6 cm³/mol. The molecule has 1 heterocycles. The third-order valence-electron chi connectivity index (χ3n) is 4.61. The van der Waals surface area contributed by atoms with Crippen molar-refractivity contribution in [3.63, 3.8) is 0 Å². The topological polar surface area (TPSA) is 49.8 Å². The van der Waals surface area contributed by atoms with Gasteiger partial charge in [-0.05, 0) is 37.9 Å². The maximum atomic E-state index is 11.6. The van der Waals surface area contributed by atoms with Gasteiger partial charge in [0, 0.05) is 13.1 Å².